The molecule has 1 aromatic rings. The van der Waals surface area contributed by atoms with E-state index in [2.05, 4.69) is 15.9 Å². The number of rotatable bonds is 5. The Morgan fingerprint density at radius 2 is 1.95 bits per heavy atom. The molecule has 0 aliphatic heterocycles. The molecule has 1 aromatic carbocycles. The third-order valence-corrected chi connectivity index (χ3v) is 4.84. The summed E-state index contributed by atoms with van der Waals surface area (Å²) in [7, 11) is -4.37. The molecule has 0 aliphatic rings. The van der Waals surface area contributed by atoms with Crippen molar-refractivity contribution in [3.63, 3.8) is 0 Å². The van der Waals surface area contributed by atoms with E-state index in [1.165, 1.54) is 6.07 Å². The number of nitrogen functional groups attached to an aromatic ring is 1. The molecule has 3 N–H and O–H groups in total. The number of hydrogen-bond acceptors (Lipinski definition) is 4. The summed E-state index contributed by atoms with van der Waals surface area (Å²) < 4.78 is 61.9. The first kappa shape index (κ1) is 17.2. The normalized spacial score (nSPS) is 12.9. The van der Waals surface area contributed by atoms with Crippen LogP contribution in [-0.4, -0.2) is 43.7 Å². The van der Waals surface area contributed by atoms with E-state index in [0.29, 0.717) is 0 Å². The quantitative estimate of drug-likeness (QED) is 0.764. The predicted octanol–water partition coefficient (Wildman–Crippen LogP) is 1.58. The predicted molar refractivity (Wildman–Crippen MR) is 70.5 cm³/mol. The molecule has 0 aromatic heterocycles. The van der Waals surface area contributed by atoms with Crippen molar-refractivity contribution in [1.82, 2.24) is 4.31 Å². The second kappa shape index (κ2) is 6.29. The van der Waals surface area contributed by atoms with Crippen LogP contribution in [0.25, 0.3) is 0 Å². The first-order valence-electron chi connectivity index (χ1n) is 5.30. The second-order valence-electron chi connectivity index (χ2n) is 3.86. The highest BCUT2D eigenvalue weighted by molar-refractivity contribution is 9.10. The summed E-state index contributed by atoms with van der Waals surface area (Å²) in [6, 6.07) is 3.49. The molecule has 0 aliphatic carbocycles. The molecule has 5 nitrogen and oxygen atoms in total. The van der Waals surface area contributed by atoms with Crippen LogP contribution in [0.1, 0.15) is 0 Å². The van der Waals surface area contributed by atoms with E-state index >= 15 is 0 Å². The molecule has 0 spiro atoms. The number of nitrogens with two attached hydrogens (primary N) is 1. The highest BCUT2D eigenvalue weighted by Crippen LogP contribution is 2.27. The van der Waals surface area contributed by atoms with Crippen LogP contribution in [0.3, 0.4) is 0 Å². The van der Waals surface area contributed by atoms with Crippen LogP contribution in [0.4, 0.5) is 18.9 Å². The van der Waals surface area contributed by atoms with Crippen LogP contribution >= 0.6 is 15.9 Å². The van der Waals surface area contributed by atoms with Crippen molar-refractivity contribution in [3.05, 3.63) is 22.7 Å². The Labute approximate surface area is 122 Å². The molecule has 20 heavy (non-hydrogen) atoms. The number of hydrogen-bond donors (Lipinski definition) is 2. The lowest BCUT2D eigenvalue weighted by atomic mass is 10.3. The van der Waals surface area contributed by atoms with E-state index in [-0.39, 0.29) is 19.4 Å². The SMILES string of the molecule is Nc1ccc(S(=O)(=O)N(CCO)CC(F)(F)F)cc1Br. The lowest BCUT2D eigenvalue weighted by molar-refractivity contribution is -0.136. The van der Waals surface area contributed by atoms with Gasteiger partial charge >= 0.3 is 6.18 Å². The van der Waals surface area contributed by atoms with Crippen LogP contribution in [0.5, 0.6) is 0 Å². The third kappa shape index (κ3) is 4.33. The number of benzene rings is 1. The van der Waals surface area contributed by atoms with Gasteiger partial charge in [-0.05, 0) is 34.1 Å². The van der Waals surface area contributed by atoms with Gasteiger partial charge in [0.2, 0.25) is 10.0 Å². The van der Waals surface area contributed by atoms with Gasteiger partial charge in [0.1, 0.15) is 6.54 Å². The lowest BCUT2D eigenvalue weighted by Gasteiger charge is -2.22. The molecular formula is C10H12BrF3N2O3S. The molecule has 0 saturated heterocycles. The highest BCUT2D eigenvalue weighted by Gasteiger charge is 2.36. The summed E-state index contributed by atoms with van der Waals surface area (Å²) >= 11 is 3.01. The summed E-state index contributed by atoms with van der Waals surface area (Å²) in [6.07, 6.45) is -4.70. The van der Waals surface area contributed by atoms with Crippen LogP contribution < -0.4 is 5.73 Å². The zero-order valence-corrected chi connectivity index (χ0v) is 12.5. The van der Waals surface area contributed by atoms with Crippen molar-refractivity contribution >= 4 is 31.6 Å². The Kier molecular flexibility index (Phi) is 5.41. The molecule has 0 amide bonds. The number of halogens is 4. The third-order valence-electron chi connectivity index (χ3n) is 2.31. The summed E-state index contributed by atoms with van der Waals surface area (Å²) in [4.78, 5) is -0.337. The minimum Gasteiger partial charge on any atom is -0.398 e. The molecule has 0 fully saturated rings. The molecule has 0 heterocycles. The minimum atomic E-state index is -4.70. The molecule has 1 rings (SSSR count). The second-order valence-corrected chi connectivity index (χ2v) is 6.65. The molecular weight excluding hydrogens is 365 g/mol. The van der Waals surface area contributed by atoms with Gasteiger partial charge in [-0.1, -0.05) is 0 Å². The van der Waals surface area contributed by atoms with Gasteiger partial charge < -0.3 is 10.8 Å². The number of alkyl halides is 3. The Balaban J connectivity index is 3.18. The monoisotopic (exact) mass is 376 g/mol. The average Bonchev–Trinajstić information content (AvgIpc) is 2.30. The van der Waals surface area contributed by atoms with Crippen molar-refractivity contribution < 1.29 is 26.7 Å². The van der Waals surface area contributed by atoms with Gasteiger partial charge in [0.15, 0.2) is 0 Å². The van der Waals surface area contributed by atoms with E-state index in [1.807, 2.05) is 0 Å². The lowest BCUT2D eigenvalue weighted by Crippen LogP contribution is -2.40. The van der Waals surface area contributed by atoms with Crippen molar-refractivity contribution in [2.75, 3.05) is 25.4 Å². The van der Waals surface area contributed by atoms with Gasteiger partial charge in [-0.2, -0.15) is 17.5 Å². The smallest absolute Gasteiger partial charge is 0.398 e. The van der Waals surface area contributed by atoms with Crippen molar-refractivity contribution in [2.24, 2.45) is 0 Å². The standard InChI is InChI=1S/C10H12BrF3N2O3S/c11-8-5-7(1-2-9(8)15)20(18,19)16(3-4-17)6-10(12,13)14/h1-2,5,17H,3-4,6,15H2. The van der Waals surface area contributed by atoms with Gasteiger partial charge in [-0.25, -0.2) is 8.42 Å². The summed E-state index contributed by atoms with van der Waals surface area (Å²) in [5, 5.41) is 8.74. The summed E-state index contributed by atoms with van der Waals surface area (Å²) in [5.74, 6) is 0. The highest BCUT2D eigenvalue weighted by atomic mass is 79.9. The van der Waals surface area contributed by atoms with Crippen LogP contribution in [0.2, 0.25) is 0 Å². The van der Waals surface area contributed by atoms with E-state index in [4.69, 9.17) is 10.8 Å². The molecule has 0 saturated carbocycles. The Bertz CT molecular complexity index is 578. The van der Waals surface area contributed by atoms with E-state index < -0.39 is 35.9 Å². The molecule has 0 bridgehead atoms. The number of aliphatic hydroxyl groups excluding tert-OH is 1. The number of nitrogens with zero attached hydrogens (tertiary/aromatic N) is 1. The number of sulfonamides is 1. The number of aliphatic hydroxyl groups is 1. The van der Waals surface area contributed by atoms with Crippen LogP contribution in [0.15, 0.2) is 27.6 Å². The van der Waals surface area contributed by atoms with E-state index in [9.17, 15) is 21.6 Å². The zero-order valence-electron chi connectivity index (χ0n) is 10.1. The Hall–Kier alpha value is -0.840. The first-order valence-corrected chi connectivity index (χ1v) is 7.54. The summed E-state index contributed by atoms with van der Waals surface area (Å²) in [5.41, 5.74) is 5.75. The van der Waals surface area contributed by atoms with Crippen molar-refractivity contribution in [2.45, 2.75) is 11.1 Å². The topological polar surface area (TPSA) is 83.6 Å². The zero-order chi connectivity index (χ0) is 15.6. The average molecular weight is 377 g/mol. The fourth-order valence-corrected chi connectivity index (χ4v) is 3.39. The summed E-state index contributed by atoms with van der Waals surface area (Å²) in [6.45, 7) is -3.03. The van der Waals surface area contributed by atoms with Gasteiger partial charge in [0.25, 0.3) is 0 Å². The first-order chi connectivity index (χ1) is 9.08. The van der Waals surface area contributed by atoms with Gasteiger partial charge in [-0.3, -0.25) is 0 Å². The van der Waals surface area contributed by atoms with Crippen LogP contribution in [-0.2, 0) is 10.0 Å². The maximum Gasteiger partial charge on any atom is 0.402 e. The molecule has 10 heteroatoms. The molecule has 0 radical (unpaired) electrons. The van der Waals surface area contributed by atoms with Gasteiger partial charge in [0.05, 0.1) is 11.5 Å². The Morgan fingerprint density at radius 1 is 1.35 bits per heavy atom. The molecule has 0 unspecified atom stereocenters. The molecule has 0 atom stereocenters. The maximum absolute atomic E-state index is 12.4. The number of anilines is 1. The van der Waals surface area contributed by atoms with Gasteiger partial charge in [0, 0.05) is 16.7 Å². The molecule has 114 valence electrons. The van der Waals surface area contributed by atoms with E-state index in [1.54, 1.807) is 0 Å². The fourth-order valence-electron chi connectivity index (χ4n) is 1.41. The Morgan fingerprint density at radius 3 is 2.40 bits per heavy atom. The fraction of sp³-hybridized carbons (Fsp3) is 0.400. The maximum atomic E-state index is 12.4. The van der Waals surface area contributed by atoms with Crippen LogP contribution in [0, 0.1) is 0 Å². The largest absolute Gasteiger partial charge is 0.402 e. The van der Waals surface area contributed by atoms with Crippen molar-refractivity contribution in [3.8, 4) is 0 Å². The van der Waals surface area contributed by atoms with E-state index in [0.717, 1.165) is 12.1 Å². The van der Waals surface area contributed by atoms with Gasteiger partial charge in [-0.15, -0.1) is 0 Å². The van der Waals surface area contributed by atoms with Crippen molar-refractivity contribution in [1.29, 1.82) is 0 Å². The minimum absolute atomic E-state index is 0.172.